The summed E-state index contributed by atoms with van der Waals surface area (Å²) >= 11 is 1.88. The van der Waals surface area contributed by atoms with Crippen LogP contribution in [0.4, 0.5) is 0 Å². The van der Waals surface area contributed by atoms with Gasteiger partial charge in [0.05, 0.1) is 6.61 Å². The molecular formula is C17H22N2OS. The van der Waals surface area contributed by atoms with Crippen molar-refractivity contribution in [3.8, 4) is 0 Å². The van der Waals surface area contributed by atoms with Crippen molar-refractivity contribution in [2.24, 2.45) is 5.73 Å². The van der Waals surface area contributed by atoms with Gasteiger partial charge in [0.1, 0.15) is 0 Å². The second-order valence-electron chi connectivity index (χ2n) is 5.52. The maximum atomic E-state index is 6.06. The summed E-state index contributed by atoms with van der Waals surface area (Å²) in [5, 5.41) is 2.20. The Morgan fingerprint density at radius 3 is 2.81 bits per heavy atom. The van der Waals surface area contributed by atoms with E-state index in [9.17, 15) is 0 Å². The number of fused-ring (bicyclic) bond motifs is 1. The van der Waals surface area contributed by atoms with Gasteiger partial charge in [-0.25, -0.2) is 0 Å². The van der Waals surface area contributed by atoms with Crippen LogP contribution in [0.3, 0.4) is 0 Å². The van der Waals surface area contributed by atoms with Crippen LogP contribution in [0.15, 0.2) is 35.7 Å². The first-order valence-electron chi connectivity index (χ1n) is 7.39. The molecular weight excluding hydrogens is 280 g/mol. The average Bonchev–Trinajstić information content (AvgIpc) is 2.98. The van der Waals surface area contributed by atoms with Gasteiger partial charge in [0.25, 0.3) is 0 Å². The quantitative estimate of drug-likeness (QED) is 0.923. The highest BCUT2D eigenvalue weighted by molar-refractivity contribution is 7.10. The third-order valence-corrected chi connectivity index (χ3v) is 5.20. The number of benzene rings is 1. The van der Waals surface area contributed by atoms with E-state index in [4.69, 9.17) is 10.5 Å². The molecule has 0 bridgehead atoms. The van der Waals surface area contributed by atoms with Crippen molar-refractivity contribution < 1.29 is 4.74 Å². The minimum absolute atomic E-state index is 0.301. The van der Waals surface area contributed by atoms with E-state index in [0.717, 1.165) is 19.5 Å². The summed E-state index contributed by atoms with van der Waals surface area (Å²) in [5.41, 5.74) is 10.0. The number of hydrogen-bond acceptors (Lipinski definition) is 4. The molecule has 2 heterocycles. The standard InChI is InChI=1S/C17H22N2OS/c1-20-12-13-2-4-14(5-3-13)16(10-18)19-8-6-17-15(11-19)7-9-21-17/h2-5,7,9,16H,6,8,10-12,18H2,1H3. The zero-order valence-corrected chi connectivity index (χ0v) is 13.2. The molecule has 2 aromatic rings. The molecule has 4 heteroatoms. The Labute approximate surface area is 130 Å². The summed E-state index contributed by atoms with van der Waals surface area (Å²) in [6.45, 7) is 3.42. The van der Waals surface area contributed by atoms with E-state index in [-0.39, 0.29) is 0 Å². The minimum atomic E-state index is 0.301. The van der Waals surface area contributed by atoms with Gasteiger partial charge in [0.2, 0.25) is 0 Å². The van der Waals surface area contributed by atoms with Gasteiger partial charge in [0.15, 0.2) is 0 Å². The molecule has 1 aromatic carbocycles. The highest BCUT2D eigenvalue weighted by Crippen LogP contribution is 2.30. The normalized spacial score (nSPS) is 16.7. The molecule has 1 aliphatic rings. The Balaban J connectivity index is 1.76. The molecule has 112 valence electrons. The molecule has 0 radical (unpaired) electrons. The van der Waals surface area contributed by atoms with Crippen LogP contribution in [0.5, 0.6) is 0 Å². The van der Waals surface area contributed by atoms with E-state index in [1.165, 1.54) is 21.6 Å². The lowest BCUT2D eigenvalue weighted by Crippen LogP contribution is -2.37. The third-order valence-electron chi connectivity index (χ3n) is 4.18. The van der Waals surface area contributed by atoms with Crippen molar-refractivity contribution in [1.82, 2.24) is 4.90 Å². The predicted molar refractivity (Wildman–Crippen MR) is 87.4 cm³/mol. The monoisotopic (exact) mass is 302 g/mol. The van der Waals surface area contributed by atoms with Crippen molar-refractivity contribution in [2.45, 2.75) is 25.6 Å². The molecule has 0 saturated heterocycles. The van der Waals surface area contributed by atoms with E-state index < -0.39 is 0 Å². The smallest absolute Gasteiger partial charge is 0.0713 e. The largest absolute Gasteiger partial charge is 0.380 e. The summed E-state index contributed by atoms with van der Waals surface area (Å²) in [6.07, 6.45) is 1.14. The molecule has 1 aliphatic heterocycles. The summed E-state index contributed by atoms with van der Waals surface area (Å²) in [5.74, 6) is 0. The first-order valence-corrected chi connectivity index (χ1v) is 8.27. The molecule has 1 atom stereocenters. The number of thiophene rings is 1. The van der Waals surface area contributed by atoms with Crippen molar-refractivity contribution in [3.05, 3.63) is 57.3 Å². The molecule has 0 saturated carbocycles. The fourth-order valence-corrected chi connectivity index (χ4v) is 3.92. The zero-order valence-electron chi connectivity index (χ0n) is 12.4. The highest BCUT2D eigenvalue weighted by atomic mass is 32.1. The van der Waals surface area contributed by atoms with Crippen LogP contribution in [-0.4, -0.2) is 25.1 Å². The van der Waals surface area contributed by atoms with Gasteiger partial charge in [-0.2, -0.15) is 0 Å². The van der Waals surface area contributed by atoms with Crippen LogP contribution in [-0.2, 0) is 24.3 Å². The number of rotatable bonds is 5. The van der Waals surface area contributed by atoms with E-state index in [1.807, 2.05) is 11.3 Å². The van der Waals surface area contributed by atoms with Crippen LogP contribution in [0.25, 0.3) is 0 Å². The lowest BCUT2D eigenvalue weighted by Gasteiger charge is -2.34. The lowest BCUT2D eigenvalue weighted by atomic mass is 10.0. The topological polar surface area (TPSA) is 38.5 Å². The molecule has 0 amide bonds. The van der Waals surface area contributed by atoms with Gasteiger partial charge < -0.3 is 10.5 Å². The number of ether oxygens (including phenoxy) is 1. The van der Waals surface area contributed by atoms with Crippen molar-refractivity contribution in [1.29, 1.82) is 0 Å². The van der Waals surface area contributed by atoms with Crippen molar-refractivity contribution in [3.63, 3.8) is 0 Å². The average molecular weight is 302 g/mol. The fraction of sp³-hybridized carbons (Fsp3) is 0.412. The molecule has 0 aliphatic carbocycles. The summed E-state index contributed by atoms with van der Waals surface area (Å²) in [6, 6.07) is 11.2. The van der Waals surface area contributed by atoms with Gasteiger partial charge >= 0.3 is 0 Å². The summed E-state index contributed by atoms with van der Waals surface area (Å²) < 4.78 is 5.17. The van der Waals surface area contributed by atoms with Crippen molar-refractivity contribution in [2.75, 3.05) is 20.2 Å². The second-order valence-corrected chi connectivity index (χ2v) is 6.52. The van der Waals surface area contributed by atoms with Gasteiger partial charge in [-0.3, -0.25) is 4.90 Å². The summed E-state index contributed by atoms with van der Waals surface area (Å²) in [4.78, 5) is 4.04. The third kappa shape index (κ3) is 3.19. The minimum Gasteiger partial charge on any atom is -0.380 e. The van der Waals surface area contributed by atoms with Crippen LogP contribution in [0.1, 0.15) is 27.6 Å². The molecule has 2 N–H and O–H groups in total. The Morgan fingerprint density at radius 1 is 1.29 bits per heavy atom. The maximum absolute atomic E-state index is 6.06. The highest BCUT2D eigenvalue weighted by Gasteiger charge is 2.24. The van der Waals surface area contributed by atoms with Gasteiger partial charge in [-0.1, -0.05) is 24.3 Å². The SMILES string of the molecule is COCc1ccc(C(CN)N2CCc3sccc3C2)cc1. The zero-order chi connectivity index (χ0) is 14.7. The number of nitrogens with zero attached hydrogens (tertiary/aromatic N) is 1. The Kier molecular flexibility index (Phi) is 4.70. The summed E-state index contributed by atoms with van der Waals surface area (Å²) in [7, 11) is 1.72. The maximum Gasteiger partial charge on any atom is 0.0713 e. The Hall–Kier alpha value is -1.20. The van der Waals surface area contributed by atoms with Crippen LogP contribution < -0.4 is 5.73 Å². The van der Waals surface area contributed by atoms with E-state index >= 15 is 0 Å². The fourth-order valence-electron chi connectivity index (χ4n) is 3.03. The molecule has 21 heavy (non-hydrogen) atoms. The molecule has 0 spiro atoms. The van der Waals surface area contributed by atoms with Gasteiger partial charge in [-0.15, -0.1) is 11.3 Å². The van der Waals surface area contributed by atoms with Crippen LogP contribution >= 0.6 is 11.3 Å². The molecule has 3 rings (SSSR count). The number of nitrogens with two attached hydrogens (primary N) is 1. The molecule has 1 unspecified atom stereocenters. The van der Waals surface area contributed by atoms with E-state index in [1.54, 1.807) is 7.11 Å². The molecule has 0 fully saturated rings. The van der Waals surface area contributed by atoms with Crippen LogP contribution in [0.2, 0.25) is 0 Å². The van der Waals surface area contributed by atoms with E-state index in [0.29, 0.717) is 19.2 Å². The number of methoxy groups -OCH3 is 1. The molecule has 1 aromatic heterocycles. The molecule has 3 nitrogen and oxygen atoms in total. The Morgan fingerprint density at radius 2 is 2.10 bits per heavy atom. The number of hydrogen-bond donors (Lipinski definition) is 1. The second kappa shape index (κ2) is 6.71. The van der Waals surface area contributed by atoms with Crippen molar-refractivity contribution >= 4 is 11.3 Å². The predicted octanol–water partition coefficient (Wildman–Crippen LogP) is 2.95. The van der Waals surface area contributed by atoms with Crippen LogP contribution in [0, 0.1) is 0 Å². The lowest BCUT2D eigenvalue weighted by molar-refractivity contribution is 0.182. The van der Waals surface area contributed by atoms with Gasteiger partial charge in [0, 0.05) is 37.7 Å². The van der Waals surface area contributed by atoms with E-state index in [2.05, 4.69) is 40.6 Å². The first kappa shape index (κ1) is 14.7. The van der Waals surface area contributed by atoms with Gasteiger partial charge in [-0.05, 0) is 34.6 Å². The Bertz CT molecular complexity index is 579. The first-order chi connectivity index (χ1) is 10.3.